The van der Waals surface area contributed by atoms with Gasteiger partial charge in [0.05, 0.1) is 10.0 Å². The lowest BCUT2D eigenvalue weighted by Gasteiger charge is -2.17. The molecule has 0 aliphatic rings. The lowest BCUT2D eigenvalue weighted by Crippen LogP contribution is -2.25. The number of Topliss-reactive ketones (excluding diaryl/α,β-unsaturated/α-hetero) is 1. The smallest absolute Gasteiger partial charge is 0.396 e. The molecule has 0 fully saturated rings. The molecule has 0 radical (unpaired) electrons. The van der Waals surface area contributed by atoms with Crippen LogP contribution >= 0.6 is 23.2 Å². The first kappa shape index (κ1) is 16.3. The van der Waals surface area contributed by atoms with Gasteiger partial charge >= 0.3 is 6.18 Å². The summed E-state index contributed by atoms with van der Waals surface area (Å²) in [6.07, 6.45) is -5.55. The van der Waals surface area contributed by atoms with Crippen LogP contribution in [0, 0.1) is 0 Å². The van der Waals surface area contributed by atoms with E-state index in [1.807, 2.05) is 0 Å². The average molecular weight is 315 g/mol. The monoisotopic (exact) mass is 314 g/mol. The van der Waals surface area contributed by atoms with Crippen LogP contribution in [-0.4, -0.2) is 23.7 Å². The second-order valence-electron chi connectivity index (χ2n) is 4.01. The van der Waals surface area contributed by atoms with Crippen LogP contribution in [-0.2, 0) is 4.79 Å². The molecule has 0 aliphatic heterocycles. The highest BCUT2D eigenvalue weighted by Crippen LogP contribution is 2.32. The summed E-state index contributed by atoms with van der Waals surface area (Å²) in [6.45, 7) is -0.323. The molecule has 0 aromatic heterocycles. The molecular formula is C12H11Cl2F3O2. The van der Waals surface area contributed by atoms with Gasteiger partial charge in [-0.05, 0) is 30.0 Å². The van der Waals surface area contributed by atoms with E-state index in [9.17, 15) is 18.0 Å². The highest BCUT2D eigenvalue weighted by Gasteiger charge is 2.39. The Hall–Kier alpha value is -0.780. The minimum Gasteiger partial charge on any atom is -0.396 e. The van der Waals surface area contributed by atoms with E-state index in [1.54, 1.807) is 0 Å². The molecular weight excluding hydrogens is 304 g/mol. The van der Waals surface area contributed by atoms with Gasteiger partial charge in [0.1, 0.15) is 0 Å². The molecule has 2 nitrogen and oxygen atoms in total. The van der Waals surface area contributed by atoms with E-state index in [-0.39, 0.29) is 23.1 Å². The fraction of sp³-hybridized carbons (Fsp3) is 0.417. The third kappa shape index (κ3) is 4.67. The number of hydrogen-bond donors (Lipinski definition) is 1. The van der Waals surface area contributed by atoms with Gasteiger partial charge in [-0.3, -0.25) is 4.79 Å². The van der Waals surface area contributed by atoms with E-state index in [0.29, 0.717) is 5.56 Å². The number of halogens is 5. The SMILES string of the molecule is O=C(CC(CCO)c1ccc(Cl)c(Cl)c1)C(F)(F)F. The van der Waals surface area contributed by atoms with Gasteiger partial charge in [-0.15, -0.1) is 0 Å². The molecule has 0 bridgehead atoms. The minimum atomic E-state index is -4.87. The standard InChI is InChI=1S/C12H11Cl2F3O2/c13-9-2-1-7(5-10(9)14)8(3-4-18)6-11(19)12(15,16)17/h1-2,5,8,18H,3-4,6H2. The number of carbonyl (C=O) groups is 1. The quantitative estimate of drug-likeness (QED) is 0.892. The van der Waals surface area contributed by atoms with Crippen molar-refractivity contribution >= 4 is 29.0 Å². The second kappa shape index (κ2) is 6.59. The molecule has 1 aromatic carbocycles. The fourth-order valence-electron chi connectivity index (χ4n) is 1.65. The Bertz CT molecular complexity index is 461. The first-order valence-corrected chi connectivity index (χ1v) is 6.17. The van der Waals surface area contributed by atoms with Crippen LogP contribution in [0.1, 0.15) is 24.3 Å². The maximum Gasteiger partial charge on any atom is 0.449 e. The number of ketones is 1. The van der Waals surface area contributed by atoms with Crippen molar-refractivity contribution in [1.29, 1.82) is 0 Å². The molecule has 1 rings (SSSR count). The topological polar surface area (TPSA) is 37.3 Å². The van der Waals surface area contributed by atoms with Crippen LogP contribution in [0.4, 0.5) is 13.2 Å². The van der Waals surface area contributed by atoms with Crippen LogP contribution in [0.25, 0.3) is 0 Å². The van der Waals surface area contributed by atoms with E-state index in [2.05, 4.69) is 0 Å². The third-order valence-corrected chi connectivity index (χ3v) is 3.38. The van der Waals surface area contributed by atoms with Gasteiger partial charge in [0.25, 0.3) is 0 Å². The number of aliphatic hydroxyl groups is 1. The number of hydrogen-bond acceptors (Lipinski definition) is 2. The number of alkyl halides is 3. The zero-order chi connectivity index (χ0) is 14.6. The molecule has 0 amide bonds. The fourth-order valence-corrected chi connectivity index (χ4v) is 1.95. The van der Waals surface area contributed by atoms with Crippen LogP contribution in [0.5, 0.6) is 0 Å². The van der Waals surface area contributed by atoms with Crippen molar-refractivity contribution in [3.63, 3.8) is 0 Å². The second-order valence-corrected chi connectivity index (χ2v) is 4.82. The Kier molecular flexibility index (Phi) is 5.64. The average Bonchev–Trinajstić information content (AvgIpc) is 2.31. The van der Waals surface area contributed by atoms with E-state index in [4.69, 9.17) is 28.3 Å². The summed E-state index contributed by atoms with van der Waals surface area (Å²) in [5, 5.41) is 9.36. The summed E-state index contributed by atoms with van der Waals surface area (Å²) >= 11 is 11.5. The van der Waals surface area contributed by atoms with Crippen molar-refractivity contribution in [3.8, 4) is 0 Å². The molecule has 19 heavy (non-hydrogen) atoms. The molecule has 1 unspecified atom stereocenters. The molecule has 106 valence electrons. The van der Waals surface area contributed by atoms with Crippen molar-refractivity contribution in [3.05, 3.63) is 33.8 Å². The van der Waals surface area contributed by atoms with Crippen LogP contribution in [0.3, 0.4) is 0 Å². The van der Waals surface area contributed by atoms with Gasteiger partial charge in [0, 0.05) is 13.0 Å². The Morgan fingerprint density at radius 1 is 1.26 bits per heavy atom. The molecule has 1 aromatic rings. The van der Waals surface area contributed by atoms with Crippen molar-refractivity contribution in [2.75, 3.05) is 6.61 Å². The van der Waals surface area contributed by atoms with Gasteiger partial charge < -0.3 is 5.11 Å². The number of benzene rings is 1. The largest absolute Gasteiger partial charge is 0.449 e. The summed E-state index contributed by atoms with van der Waals surface area (Å²) < 4.78 is 36.7. The summed E-state index contributed by atoms with van der Waals surface area (Å²) in [7, 11) is 0. The van der Waals surface area contributed by atoms with Gasteiger partial charge in [0.2, 0.25) is 5.78 Å². The summed E-state index contributed by atoms with van der Waals surface area (Å²) in [6, 6.07) is 4.35. The van der Waals surface area contributed by atoms with Gasteiger partial charge in [0.15, 0.2) is 0 Å². The third-order valence-electron chi connectivity index (χ3n) is 2.64. The van der Waals surface area contributed by atoms with Crippen LogP contribution in [0.15, 0.2) is 18.2 Å². The highest BCUT2D eigenvalue weighted by atomic mass is 35.5. The normalized spacial score (nSPS) is 13.4. The number of aliphatic hydroxyl groups excluding tert-OH is 1. The lowest BCUT2D eigenvalue weighted by atomic mass is 9.91. The Labute approximate surface area is 118 Å². The van der Waals surface area contributed by atoms with Gasteiger partial charge in [-0.2, -0.15) is 13.2 Å². The Morgan fingerprint density at radius 2 is 1.89 bits per heavy atom. The number of rotatable bonds is 5. The molecule has 1 atom stereocenters. The van der Waals surface area contributed by atoms with Gasteiger partial charge in [-0.25, -0.2) is 0 Å². The van der Waals surface area contributed by atoms with Crippen molar-refractivity contribution in [2.24, 2.45) is 0 Å². The molecule has 1 N–H and O–H groups in total. The first-order valence-electron chi connectivity index (χ1n) is 5.41. The van der Waals surface area contributed by atoms with Crippen molar-refractivity contribution < 1.29 is 23.1 Å². The van der Waals surface area contributed by atoms with E-state index >= 15 is 0 Å². The zero-order valence-electron chi connectivity index (χ0n) is 9.68. The number of carbonyl (C=O) groups excluding carboxylic acids is 1. The Morgan fingerprint density at radius 3 is 2.37 bits per heavy atom. The van der Waals surface area contributed by atoms with Crippen LogP contribution < -0.4 is 0 Å². The Balaban J connectivity index is 2.94. The van der Waals surface area contributed by atoms with E-state index < -0.39 is 24.3 Å². The van der Waals surface area contributed by atoms with Crippen molar-refractivity contribution in [2.45, 2.75) is 24.9 Å². The van der Waals surface area contributed by atoms with Crippen molar-refractivity contribution in [1.82, 2.24) is 0 Å². The molecule has 0 saturated carbocycles. The van der Waals surface area contributed by atoms with Gasteiger partial charge in [-0.1, -0.05) is 29.3 Å². The predicted molar refractivity (Wildman–Crippen MR) is 66.6 cm³/mol. The maximum atomic E-state index is 12.2. The molecule has 0 saturated heterocycles. The minimum absolute atomic E-state index is 0.0414. The highest BCUT2D eigenvalue weighted by molar-refractivity contribution is 6.42. The summed E-state index contributed by atoms with van der Waals surface area (Å²) in [5.74, 6) is -2.56. The predicted octanol–water partition coefficient (Wildman–Crippen LogP) is 3.98. The van der Waals surface area contributed by atoms with E-state index in [1.165, 1.54) is 18.2 Å². The molecule has 0 aliphatic carbocycles. The summed E-state index contributed by atoms with van der Waals surface area (Å²) in [4.78, 5) is 11.0. The molecule has 0 spiro atoms. The maximum absolute atomic E-state index is 12.2. The molecule has 7 heteroatoms. The first-order chi connectivity index (χ1) is 8.75. The van der Waals surface area contributed by atoms with Crippen LogP contribution in [0.2, 0.25) is 10.0 Å². The lowest BCUT2D eigenvalue weighted by molar-refractivity contribution is -0.171. The van der Waals surface area contributed by atoms with E-state index in [0.717, 1.165) is 0 Å². The zero-order valence-corrected chi connectivity index (χ0v) is 11.2. The molecule has 0 heterocycles. The summed E-state index contributed by atoms with van der Waals surface area (Å²) in [5.41, 5.74) is 0.445.